The minimum atomic E-state index is -1.45. The first-order chi connectivity index (χ1) is 15.6. The largest absolute Gasteiger partial charge is 0.593 e. The van der Waals surface area contributed by atoms with Crippen LogP contribution in [0, 0.1) is 0 Å². The summed E-state index contributed by atoms with van der Waals surface area (Å²) in [6.45, 7) is 4.80. The normalized spacial score (nSPS) is 15.4. The fraction of sp³-hybridized carbons (Fsp3) is 0.240. The fourth-order valence-corrected chi connectivity index (χ4v) is 5.08. The smallest absolute Gasteiger partial charge is 0.292 e. The summed E-state index contributed by atoms with van der Waals surface area (Å²) in [6.07, 6.45) is 0. The van der Waals surface area contributed by atoms with Crippen molar-refractivity contribution in [3.8, 4) is 0 Å². The van der Waals surface area contributed by atoms with Gasteiger partial charge in [-0.05, 0) is 35.9 Å². The van der Waals surface area contributed by atoms with Gasteiger partial charge in [-0.3, -0.25) is 9.69 Å². The number of halogens is 1. The van der Waals surface area contributed by atoms with E-state index in [1.54, 1.807) is 12.1 Å². The van der Waals surface area contributed by atoms with Gasteiger partial charge in [-0.15, -0.1) is 0 Å². The summed E-state index contributed by atoms with van der Waals surface area (Å²) in [6, 6.07) is 25.4. The van der Waals surface area contributed by atoms with Crippen LogP contribution in [0.25, 0.3) is 0 Å². The molecule has 1 atom stereocenters. The van der Waals surface area contributed by atoms with Crippen LogP contribution in [0.1, 0.15) is 21.5 Å². The third-order valence-electron chi connectivity index (χ3n) is 5.57. The lowest BCUT2D eigenvalue weighted by atomic mass is 10.1. The highest BCUT2D eigenvalue weighted by atomic mass is 79.9. The first kappa shape index (κ1) is 22.9. The number of rotatable bonds is 7. The van der Waals surface area contributed by atoms with Crippen molar-refractivity contribution in [3.05, 3.63) is 100 Å². The second kappa shape index (κ2) is 11.0. The molecular weight excluding hydrogens is 486 g/mol. The molecule has 3 aromatic rings. The lowest BCUT2D eigenvalue weighted by Gasteiger charge is -2.36. The molecule has 32 heavy (non-hydrogen) atoms. The number of hydrogen-bond donors (Lipinski definition) is 1. The molecule has 166 valence electrons. The predicted molar refractivity (Wildman–Crippen MR) is 134 cm³/mol. The van der Waals surface area contributed by atoms with Gasteiger partial charge >= 0.3 is 0 Å². The molecule has 0 saturated carbocycles. The van der Waals surface area contributed by atoms with Gasteiger partial charge < -0.3 is 9.45 Å². The zero-order chi connectivity index (χ0) is 22.3. The van der Waals surface area contributed by atoms with E-state index in [0.29, 0.717) is 11.3 Å². The monoisotopic (exact) mass is 511 g/mol. The minimum absolute atomic E-state index is 0.300. The molecule has 1 fully saturated rings. The predicted octanol–water partition coefficient (Wildman–Crippen LogP) is 4.37. The van der Waals surface area contributed by atoms with E-state index in [1.165, 1.54) is 5.56 Å². The molecule has 1 aliphatic heterocycles. The Morgan fingerprint density at radius 1 is 0.906 bits per heavy atom. The van der Waals surface area contributed by atoms with Gasteiger partial charge in [-0.25, -0.2) is 0 Å². The molecule has 1 N–H and O–H groups in total. The van der Waals surface area contributed by atoms with Crippen molar-refractivity contribution in [2.24, 2.45) is 0 Å². The Bertz CT molecular complexity index is 1020. The van der Waals surface area contributed by atoms with Gasteiger partial charge in [0.2, 0.25) is 0 Å². The zero-order valence-corrected chi connectivity index (χ0v) is 20.1. The van der Waals surface area contributed by atoms with Gasteiger partial charge in [-0.1, -0.05) is 64.5 Å². The maximum atomic E-state index is 12.4. The fourth-order valence-electron chi connectivity index (χ4n) is 3.78. The number of nitrogens with one attached hydrogen (secondary N) is 1. The Morgan fingerprint density at radius 2 is 1.56 bits per heavy atom. The first-order valence-corrected chi connectivity index (χ1v) is 12.7. The van der Waals surface area contributed by atoms with Crippen LogP contribution in [-0.2, 0) is 23.7 Å². The summed E-state index contributed by atoms with van der Waals surface area (Å²) >= 11 is 2.18. The number of anilines is 1. The Hall–Kier alpha value is -2.32. The third kappa shape index (κ3) is 6.13. The number of hydrogen-bond acceptors (Lipinski definition) is 4. The van der Waals surface area contributed by atoms with Gasteiger partial charge in [0.15, 0.2) is 5.75 Å². The summed E-state index contributed by atoms with van der Waals surface area (Å²) in [5, 5.41) is 0. The van der Waals surface area contributed by atoms with Crippen molar-refractivity contribution >= 4 is 38.9 Å². The number of carbonyl (C=O) groups excluding carboxylic acids is 1. The van der Waals surface area contributed by atoms with E-state index < -0.39 is 11.4 Å². The molecule has 1 amide bonds. The Labute approximate surface area is 200 Å². The summed E-state index contributed by atoms with van der Waals surface area (Å²) in [5.41, 5.74) is 3.86. The Kier molecular flexibility index (Phi) is 7.86. The van der Waals surface area contributed by atoms with Crippen LogP contribution in [0.4, 0.5) is 5.69 Å². The van der Waals surface area contributed by atoms with Crippen molar-refractivity contribution in [2.75, 3.05) is 31.1 Å². The molecule has 0 spiro atoms. The average molecular weight is 512 g/mol. The van der Waals surface area contributed by atoms with E-state index in [-0.39, 0.29) is 5.91 Å². The zero-order valence-electron chi connectivity index (χ0n) is 17.7. The van der Waals surface area contributed by atoms with Gasteiger partial charge in [0.1, 0.15) is 0 Å². The molecule has 1 unspecified atom stereocenters. The van der Waals surface area contributed by atoms with Crippen molar-refractivity contribution in [3.63, 3.8) is 0 Å². The van der Waals surface area contributed by atoms with Crippen LogP contribution in [0.5, 0.6) is 0 Å². The number of nitrogens with zero attached hydrogens (tertiary/aromatic N) is 2. The molecule has 5 nitrogen and oxygen atoms in total. The summed E-state index contributed by atoms with van der Waals surface area (Å²) in [4.78, 5) is 17.2. The van der Waals surface area contributed by atoms with Gasteiger partial charge in [0.25, 0.3) is 5.91 Å². The van der Waals surface area contributed by atoms with E-state index in [0.717, 1.165) is 48.4 Å². The van der Waals surface area contributed by atoms with E-state index in [1.807, 2.05) is 48.5 Å². The van der Waals surface area contributed by atoms with Gasteiger partial charge in [0, 0.05) is 54.0 Å². The lowest BCUT2D eigenvalue weighted by Crippen LogP contribution is -2.46. The topological polar surface area (TPSA) is 58.6 Å². The highest BCUT2D eigenvalue weighted by molar-refractivity contribution is 9.10. The summed E-state index contributed by atoms with van der Waals surface area (Å²) < 4.78 is 16.0. The quantitative estimate of drug-likeness (QED) is 0.478. The molecule has 3 aromatic carbocycles. The maximum Gasteiger partial charge on any atom is 0.292 e. The molecule has 0 bridgehead atoms. The maximum absolute atomic E-state index is 12.4. The van der Waals surface area contributed by atoms with E-state index in [9.17, 15) is 9.35 Å². The third-order valence-corrected chi connectivity index (χ3v) is 7.35. The standard InChI is InChI=1S/C25H26BrN3O2S/c26-24-9-5-4-8-22(24)18-28-14-16-29(17-15-28)23-12-10-21(11-13-23)25(30)27-32(31)19-20-6-2-1-3-7-20/h1-13H,14-19H2,(H,27,30). The van der Waals surface area contributed by atoms with E-state index in [2.05, 4.69) is 48.7 Å². The van der Waals surface area contributed by atoms with Gasteiger partial charge in [-0.2, -0.15) is 4.72 Å². The lowest BCUT2D eigenvalue weighted by molar-refractivity contribution is 0.0981. The number of benzene rings is 3. The highest BCUT2D eigenvalue weighted by Gasteiger charge is 2.19. The Balaban J connectivity index is 1.27. The van der Waals surface area contributed by atoms with Crippen molar-refractivity contribution in [2.45, 2.75) is 12.3 Å². The van der Waals surface area contributed by atoms with Gasteiger partial charge in [0.05, 0.1) is 11.4 Å². The van der Waals surface area contributed by atoms with Crippen LogP contribution in [0.2, 0.25) is 0 Å². The SMILES string of the molecule is O=C(N[S+]([O-])Cc1ccccc1)c1ccc(N2CCN(Cc3ccccc3Br)CC2)cc1. The van der Waals surface area contributed by atoms with Crippen molar-refractivity contribution < 1.29 is 9.35 Å². The van der Waals surface area contributed by atoms with E-state index in [4.69, 9.17) is 0 Å². The first-order valence-electron chi connectivity index (χ1n) is 10.6. The van der Waals surface area contributed by atoms with Crippen LogP contribution in [-0.4, -0.2) is 41.5 Å². The summed E-state index contributed by atoms with van der Waals surface area (Å²) in [7, 11) is 0. The molecule has 0 aromatic heterocycles. The molecule has 0 radical (unpaired) electrons. The second-order valence-corrected chi connectivity index (χ2v) is 9.85. The molecule has 1 aliphatic rings. The highest BCUT2D eigenvalue weighted by Crippen LogP contribution is 2.21. The Morgan fingerprint density at radius 3 is 2.25 bits per heavy atom. The van der Waals surface area contributed by atoms with Crippen LogP contribution < -0.4 is 9.62 Å². The van der Waals surface area contributed by atoms with Crippen molar-refractivity contribution in [1.82, 2.24) is 9.62 Å². The van der Waals surface area contributed by atoms with Crippen molar-refractivity contribution in [1.29, 1.82) is 0 Å². The number of piperazine rings is 1. The van der Waals surface area contributed by atoms with Crippen LogP contribution in [0.3, 0.4) is 0 Å². The van der Waals surface area contributed by atoms with E-state index >= 15 is 0 Å². The molecule has 0 aliphatic carbocycles. The average Bonchev–Trinajstić information content (AvgIpc) is 2.82. The second-order valence-electron chi connectivity index (χ2n) is 7.81. The van der Waals surface area contributed by atoms with Crippen LogP contribution >= 0.6 is 15.9 Å². The minimum Gasteiger partial charge on any atom is -0.593 e. The van der Waals surface area contributed by atoms with Crippen LogP contribution in [0.15, 0.2) is 83.3 Å². The molecule has 4 rings (SSSR count). The summed E-state index contributed by atoms with van der Waals surface area (Å²) in [5.74, 6) is -0.0156. The molecule has 1 heterocycles. The molecule has 7 heteroatoms. The number of amides is 1. The molecular formula is C25H26BrN3O2S. The molecule has 1 saturated heterocycles. The number of carbonyl (C=O) groups is 1.